The van der Waals surface area contributed by atoms with E-state index in [1.807, 2.05) is 36.1 Å². The van der Waals surface area contributed by atoms with Crippen LogP contribution in [0.3, 0.4) is 0 Å². The van der Waals surface area contributed by atoms with E-state index in [2.05, 4.69) is 26.9 Å². The summed E-state index contributed by atoms with van der Waals surface area (Å²) in [6, 6.07) is 9.31. The third-order valence-corrected chi connectivity index (χ3v) is 9.22. The number of nitrogens with one attached hydrogen (secondary N) is 2. The van der Waals surface area contributed by atoms with E-state index in [-0.39, 0.29) is 17.9 Å². The van der Waals surface area contributed by atoms with Crippen LogP contribution in [0.4, 0.5) is 22.5 Å². The average Bonchev–Trinajstić information content (AvgIpc) is 3.41. The van der Waals surface area contributed by atoms with Crippen molar-refractivity contribution in [3.8, 4) is 10.4 Å². The van der Waals surface area contributed by atoms with Crippen molar-refractivity contribution in [1.29, 1.82) is 0 Å². The maximum absolute atomic E-state index is 13.4. The third-order valence-electron chi connectivity index (χ3n) is 7.50. The zero-order chi connectivity index (χ0) is 27.5. The number of carbonyl (C=O) groups is 2. The Balaban J connectivity index is 1.32. The van der Waals surface area contributed by atoms with E-state index < -0.39 is 10.0 Å². The number of nitrogens with zero attached hydrogens (tertiary/aromatic N) is 4. The van der Waals surface area contributed by atoms with Crippen LogP contribution >= 0.6 is 11.3 Å². The lowest BCUT2D eigenvalue weighted by Gasteiger charge is -2.24. The molecule has 0 unspecified atom stereocenters. The largest absolute Gasteiger partial charge is 0.331 e. The Morgan fingerprint density at radius 2 is 1.95 bits per heavy atom. The molecule has 3 aliphatic rings. The molecule has 2 amide bonds. The summed E-state index contributed by atoms with van der Waals surface area (Å²) in [5.74, 6) is 1.64. The molecule has 6 rings (SSSR count). The van der Waals surface area contributed by atoms with Gasteiger partial charge in [-0.25, -0.2) is 18.4 Å². The molecule has 2 aliphatic heterocycles. The fraction of sp³-hybridized carbons (Fsp3) is 0.407. The number of aryl methyl sites for hydroxylation is 1. The molecule has 1 aromatic carbocycles. The lowest BCUT2D eigenvalue weighted by molar-refractivity contribution is -0.117. The Kier molecular flexibility index (Phi) is 6.34. The van der Waals surface area contributed by atoms with Crippen molar-refractivity contribution in [2.24, 2.45) is 5.92 Å². The highest BCUT2D eigenvalue weighted by atomic mass is 32.2. The van der Waals surface area contributed by atoms with Crippen LogP contribution in [0.2, 0.25) is 0 Å². The number of carbonyl (C=O) groups excluding carboxylic acids is 2. The number of fused-ring (bicyclic) bond motifs is 1. The van der Waals surface area contributed by atoms with Gasteiger partial charge >= 0.3 is 0 Å². The molecule has 0 spiro atoms. The SMILES string of the molecule is Cc1nc(Nc2cccc(N3CCCC3=O)n2)sc1-c1cc2c(c(NS(C)(=O)=O)c1)C(=O)N([C@@H](C)C1CC1)C2. The molecular formula is C27H30N6O4S2. The van der Waals surface area contributed by atoms with Gasteiger partial charge in [0.2, 0.25) is 15.9 Å². The molecule has 0 radical (unpaired) electrons. The van der Waals surface area contributed by atoms with Crippen molar-refractivity contribution in [3.05, 3.63) is 47.2 Å². The van der Waals surface area contributed by atoms with Crippen molar-refractivity contribution in [2.45, 2.75) is 52.1 Å². The Labute approximate surface area is 231 Å². The minimum Gasteiger partial charge on any atom is -0.331 e. The maximum atomic E-state index is 13.4. The molecule has 12 heteroatoms. The van der Waals surface area contributed by atoms with E-state index in [1.54, 1.807) is 11.0 Å². The van der Waals surface area contributed by atoms with Crippen LogP contribution in [0.1, 0.15) is 54.2 Å². The van der Waals surface area contributed by atoms with Gasteiger partial charge in [-0.05, 0) is 74.4 Å². The van der Waals surface area contributed by atoms with E-state index in [9.17, 15) is 18.0 Å². The van der Waals surface area contributed by atoms with E-state index in [0.717, 1.165) is 47.2 Å². The van der Waals surface area contributed by atoms with E-state index >= 15 is 0 Å². The number of pyridine rings is 1. The van der Waals surface area contributed by atoms with Crippen LogP contribution in [0.15, 0.2) is 30.3 Å². The van der Waals surface area contributed by atoms with Gasteiger partial charge in [0.25, 0.3) is 5.91 Å². The smallest absolute Gasteiger partial charge is 0.256 e. The molecule has 1 atom stereocenters. The van der Waals surface area contributed by atoms with Gasteiger partial charge in [-0.1, -0.05) is 17.4 Å². The number of hydrogen-bond donors (Lipinski definition) is 2. The summed E-state index contributed by atoms with van der Waals surface area (Å²) in [7, 11) is -3.61. The molecule has 2 aromatic heterocycles. The minimum atomic E-state index is -3.61. The Hall–Kier alpha value is -3.51. The van der Waals surface area contributed by atoms with Gasteiger partial charge in [-0.15, -0.1) is 0 Å². The average molecular weight is 567 g/mol. The molecule has 3 aromatic rings. The van der Waals surface area contributed by atoms with Gasteiger partial charge in [-0.3, -0.25) is 19.2 Å². The van der Waals surface area contributed by atoms with Crippen molar-refractivity contribution in [1.82, 2.24) is 14.9 Å². The number of amides is 2. The predicted molar refractivity (Wildman–Crippen MR) is 152 cm³/mol. The van der Waals surface area contributed by atoms with Crippen molar-refractivity contribution in [3.63, 3.8) is 0 Å². The fourth-order valence-electron chi connectivity index (χ4n) is 5.41. The number of aromatic nitrogens is 2. The van der Waals surface area contributed by atoms with Crippen LogP contribution in [-0.4, -0.2) is 53.9 Å². The topological polar surface area (TPSA) is 125 Å². The summed E-state index contributed by atoms with van der Waals surface area (Å²) in [6.07, 6.45) is 4.68. The second-order valence-corrected chi connectivity index (χ2v) is 13.3. The second kappa shape index (κ2) is 9.60. The highest BCUT2D eigenvalue weighted by Crippen LogP contribution is 2.43. The van der Waals surface area contributed by atoms with Gasteiger partial charge in [0, 0.05) is 25.6 Å². The number of anilines is 4. The van der Waals surface area contributed by atoms with Crippen molar-refractivity contribution < 1.29 is 18.0 Å². The molecule has 39 heavy (non-hydrogen) atoms. The van der Waals surface area contributed by atoms with Gasteiger partial charge in [0.15, 0.2) is 5.13 Å². The summed E-state index contributed by atoms with van der Waals surface area (Å²) in [5.41, 5.74) is 3.09. The molecule has 4 heterocycles. The number of benzene rings is 1. The maximum Gasteiger partial charge on any atom is 0.256 e. The molecule has 204 valence electrons. The van der Waals surface area contributed by atoms with Gasteiger partial charge in [0.05, 0.1) is 28.1 Å². The van der Waals surface area contributed by atoms with Gasteiger partial charge in [-0.2, -0.15) is 0 Å². The second-order valence-electron chi connectivity index (χ2n) is 10.5. The highest BCUT2D eigenvalue weighted by Gasteiger charge is 2.40. The first-order chi connectivity index (χ1) is 18.6. The summed E-state index contributed by atoms with van der Waals surface area (Å²) < 4.78 is 27.0. The van der Waals surface area contributed by atoms with Crippen LogP contribution in [-0.2, 0) is 21.4 Å². The lowest BCUT2D eigenvalue weighted by atomic mass is 10.0. The van der Waals surface area contributed by atoms with Crippen molar-refractivity contribution >= 4 is 55.6 Å². The van der Waals surface area contributed by atoms with E-state index in [1.165, 1.54) is 11.3 Å². The summed E-state index contributed by atoms with van der Waals surface area (Å²) in [4.78, 5) is 39.2. The van der Waals surface area contributed by atoms with Crippen LogP contribution < -0.4 is 14.9 Å². The number of rotatable bonds is 8. The molecule has 2 N–H and O–H groups in total. The molecule has 0 bridgehead atoms. The zero-order valence-corrected chi connectivity index (χ0v) is 23.7. The standard InChI is InChI=1S/C27H30N6O4S2/c1-15-25(38-27(28-15)30-21-6-4-7-22(29-21)32-11-5-8-23(32)34)18-12-19-14-33(16(2)17-9-10-17)26(35)24(19)20(13-18)31-39(3,36)37/h4,6-7,12-13,16-17,31H,5,8-11,14H2,1-3H3,(H,28,29,30)/t16-/m0/s1. The minimum absolute atomic E-state index is 0.0747. The Morgan fingerprint density at radius 1 is 1.15 bits per heavy atom. The molecule has 1 saturated carbocycles. The Bertz CT molecular complexity index is 1600. The molecular weight excluding hydrogens is 536 g/mol. The van der Waals surface area contributed by atoms with Crippen LogP contribution in [0.5, 0.6) is 0 Å². The van der Waals surface area contributed by atoms with E-state index in [0.29, 0.717) is 53.4 Å². The molecule has 1 aliphatic carbocycles. The number of sulfonamides is 1. The van der Waals surface area contributed by atoms with E-state index in [4.69, 9.17) is 0 Å². The van der Waals surface area contributed by atoms with Crippen LogP contribution in [0, 0.1) is 12.8 Å². The fourth-order valence-corrected chi connectivity index (χ4v) is 6.93. The summed E-state index contributed by atoms with van der Waals surface area (Å²) in [6.45, 7) is 5.08. The normalized spacial score (nSPS) is 18.0. The molecule has 2 fully saturated rings. The number of thiazole rings is 1. The summed E-state index contributed by atoms with van der Waals surface area (Å²) in [5, 5.41) is 3.87. The summed E-state index contributed by atoms with van der Waals surface area (Å²) >= 11 is 1.42. The van der Waals surface area contributed by atoms with Crippen LogP contribution in [0.25, 0.3) is 10.4 Å². The predicted octanol–water partition coefficient (Wildman–Crippen LogP) is 4.51. The van der Waals surface area contributed by atoms with Gasteiger partial charge in [0.1, 0.15) is 11.6 Å². The van der Waals surface area contributed by atoms with Gasteiger partial charge < -0.3 is 10.2 Å². The zero-order valence-electron chi connectivity index (χ0n) is 22.0. The lowest BCUT2D eigenvalue weighted by Crippen LogP contribution is -2.34. The Morgan fingerprint density at radius 3 is 2.64 bits per heavy atom. The quantitative estimate of drug-likeness (QED) is 0.411. The monoisotopic (exact) mass is 566 g/mol. The first kappa shape index (κ1) is 25.8. The first-order valence-corrected chi connectivity index (χ1v) is 15.8. The number of hydrogen-bond acceptors (Lipinski definition) is 8. The highest BCUT2D eigenvalue weighted by molar-refractivity contribution is 7.92. The molecule has 1 saturated heterocycles. The first-order valence-electron chi connectivity index (χ1n) is 13.1. The molecule has 10 nitrogen and oxygen atoms in total. The van der Waals surface area contributed by atoms with Crippen molar-refractivity contribution in [2.75, 3.05) is 27.7 Å². The third kappa shape index (κ3) is 5.10.